The molecule has 2 unspecified atom stereocenters. The highest BCUT2D eigenvalue weighted by molar-refractivity contribution is 5.96. The zero-order valence-corrected chi connectivity index (χ0v) is 29.1. The third-order valence-electron chi connectivity index (χ3n) is 8.72. The second-order valence-corrected chi connectivity index (χ2v) is 12.7. The van der Waals surface area contributed by atoms with E-state index in [-0.39, 0.29) is 44.7 Å². The second-order valence-electron chi connectivity index (χ2n) is 12.7. The largest absolute Gasteiger partial charge is 0.480 e. The van der Waals surface area contributed by atoms with Gasteiger partial charge in [0.25, 0.3) is 5.91 Å². The topological polar surface area (TPSA) is 348 Å². The molecule has 52 heavy (non-hydrogen) atoms. The van der Waals surface area contributed by atoms with Gasteiger partial charge in [-0.1, -0.05) is 30.3 Å². The second kappa shape index (κ2) is 21.1. The van der Waals surface area contributed by atoms with Gasteiger partial charge in [0.2, 0.25) is 29.7 Å². The van der Waals surface area contributed by atoms with Gasteiger partial charge in [-0.2, -0.15) is 0 Å². The third kappa shape index (κ3) is 13.4. The number of hydrogen-bond donors (Lipinski definition) is 9. The molecule has 20 nitrogen and oxygen atoms in total. The Morgan fingerprint density at radius 3 is 2.23 bits per heavy atom. The van der Waals surface area contributed by atoms with E-state index in [1.54, 1.807) is 0 Å². The minimum absolute atomic E-state index is 0.0146. The Balaban J connectivity index is 2.26. The van der Waals surface area contributed by atoms with E-state index in [0.29, 0.717) is 32.2 Å². The van der Waals surface area contributed by atoms with Gasteiger partial charge in [-0.25, -0.2) is 4.79 Å². The summed E-state index contributed by atoms with van der Waals surface area (Å²) in [4.78, 5) is 93.4. The summed E-state index contributed by atoms with van der Waals surface area (Å²) < 4.78 is 0. The number of rotatable bonds is 22. The summed E-state index contributed by atoms with van der Waals surface area (Å²) in [6, 6.07) is 0.492. The minimum Gasteiger partial charge on any atom is -0.480 e. The van der Waals surface area contributed by atoms with Gasteiger partial charge < -0.3 is 54.6 Å². The highest BCUT2D eigenvalue weighted by Gasteiger charge is 2.45. The molecule has 2 rings (SSSR count). The van der Waals surface area contributed by atoms with Crippen LogP contribution >= 0.6 is 0 Å². The van der Waals surface area contributed by atoms with Crippen molar-refractivity contribution >= 4 is 41.5 Å². The first-order chi connectivity index (χ1) is 24.6. The number of nitrogens with zero attached hydrogens (tertiary/aromatic N) is 3. The van der Waals surface area contributed by atoms with Crippen molar-refractivity contribution in [3.05, 3.63) is 46.0 Å². The van der Waals surface area contributed by atoms with E-state index in [9.17, 15) is 44.0 Å². The van der Waals surface area contributed by atoms with Crippen molar-refractivity contribution < 1.29 is 38.8 Å². The number of carboxylic acid groups (broad SMARTS) is 1. The first kappa shape index (κ1) is 42.8. The van der Waals surface area contributed by atoms with Crippen molar-refractivity contribution in [2.45, 2.75) is 94.5 Å². The first-order valence-electron chi connectivity index (χ1n) is 17.0. The summed E-state index contributed by atoms with van der Waals surface area (Å²) in [6.07, 6.45) is 0.863. The van der Waals surface area contributed by atoms with Crippen molar-refractivity contribution in [2.75, 3.05) is 19.6 Å². The van der Waals surface area contributed by atoms with E-state index >= 15 is 0 Å². The molecule has 0 bridgehead atoms. The number of amides is 5. The lowest BCUT2D eigenvalue weighted by molar-refractivity contribution is -0.525. The Hall–Kier alpha value is -5.37. The number of carbonyl (C=O) groups is 6. The lowest BCUT2D eigenvalue weighted by Crippen LogP contribution is -2.61. The summed E-state index contributed by atoms with van der Waals surface area (Å²) in [5.74, 6) is -6.36. The van der Waals surface area contributed by atoms with Gasteiger partial charge in [-0.15, -0.1) is 0 Å². The fourth-order valence-corrected chi connectivity index (χ4v) is 5.93. The summed E-state index contributed by atoms with van der Waals surface area (Å²) in [6.45, 7) is 1.38. The van der Waals surface area contributed by atoms with E-state index in [1.807, 2.05) is 30.3 Å². The van der Waals surface area contributed by atoms with Crippen LogP contribution in [0.2, 0.25) is 0 Å². The van der Waals surface area contributed by atoms with E-state index in [2.05, 4.69) is 20.9 Å². The summed E-state index contributed by atoms with van der Waals surface area (Å²) >= 11 is 0. The highest BCUT2D eigenvalue weighted by Crippen LogP contribution is 2.22. The van der Waals surface area contributed by atoms with Gasteiger partial charge in [0, 0.05) is 30.9 Å². The molecule has 14 N–H and O–H groups in total. The molecule has 0 aromatic heterocycles. The number of guanidine groups is 1. The van der Waals surface area contributed by atoms with Crippen LogP contribution in [-0.2, 0) is 35.2 Å². The average Bonchev–Trinajstić information content (AvgIpc) is 3.59. The fraction of sp³-hybridized carbons (Fsp3) is 0.594. The number of nitro groups is 1. The average molecular weight is 734 g/mol. The molecule has 5 amide bonds. The maximum Gasteiger partial charge on any atom is 0.326 e. The third-order valence-corrected chi connectivity index (χ3v) is 8.72. The van der Waals surface area contributed by atoms with E-state index in [0.717, 1.165) is 10.5 Å². The highest BCUT2D eigenvalue weighted by atomic mass is 16.6. The zero-order chi connectivity index (χ0) is 39.0. The molecule has 0 saturated carbocycles. The number of primary amides is 1. The van der Waals surface area contributed by atoms with Crippen LogP contribution in [-0.4, -0.2) is 112 Å². The van der Waals surface area contributed by atoms with Gasteiger partial charge in [-0.05, 0) is 63.5 Å². The van der Waals surface area contributed by atoms with Crippen molar-refractivity contribution in [1.29, 1.82) is 0 Å². The molecular formula is C32H51N11O9. The molecule has 1 fully saturated rings. The number of aliphatic imine (C=N–C) groups is 1. The number of nitrogens with two attached hydrogens (primary N) is 5. The molecule has 1 aromatic carbocycles. The maximum absolute atomic E-state index is 14.0. The van der Waals surface area contributed by atoms with Crippen LogP contribution in [0.4, 0.5) is 0 Å². The maximum atomic E-state index is 14.0. The predicted molar refractivity (Wildman–Crippen MR) is 188 cm³/mol. The summed E-state index contributed by atoms with van der Waals surface area (Å²) in [7, 11) is 0. The number of carboxylic acids is 1. The van der Waals surface area contributed by atoms with Gasteiger partial charge in [0.05, 0.1) is 6.04 Å². The Bertz CT molecular complexity index is 1440. The fourth-order valence-electron chi connectivity index (χ4n) is 5.93. The molecule has 7 atom stereocenters. The van der Waals surface area contributed by atoms with Crippen LogP contribution in [0.15, 0.2) is 35.3 Å². The Kier molecular flexibility index (Phi) is 17.4. The van der Waals surface area contributed by atoms with Crippen LogP contribution < -0.4 is 44.6 Å². The van der Waals surface area contributed by atoms with E-state index < -0.39 is 82.6 Å². The van der Waals surface area contributed by atoms with E-state index in [1.165, 1.54) is 6.92 Å². The van der Waals surface area contributed by atoms with Crippen molar-refractivity contribution in [3.63, 3.8) is 0 Å². The molecule has 1 aromatic rings. The van der Waals surface area contributed by atoms with Crippen molar-refractivity contribution in [2.24, 2.45) is 39.6 Å². The molecule has 0 radical (unpaired) electrons. The monoisotopic (exact) mass is 733 g/mol. The van der Waals surface area contributed by atoms with Crippen LogP contribution in [0.1, 0.15) is 57.4 Å². The van der Waals surface area contributed by atoms with Crippen LogP contribution in [0.3, 0.4) is 0 Å². The number of benzene rings is 1. The standard InChI is InChI=1S/C32H51N11O9/c1-18(27(45)40-25(31(49)50)20(9-5-14-33)17-19-7-3-2-4-8-19)39-29(47)23-10-6-16-42(23)30(48)26(22(43(51)52)13-15-38-32(36)37)41-28(46)21(34)11-12-24(35)44/h2-4,7-8,18,20-23,25-26H,5-6,9-17,33-34H2,1H3,(H2,35,44)(H,39,47)(H,40,45)(H,41,46)(H,49,50)(H4,36,37,38)/t18-,20?,21-,22?,23-,25-,26-/m0/s1. The zero-order valence-electron chi connectivity index (χ0n) is 29.1. The summed E-state index contributed by atoms with van der Waals surface area (Å²) in [5, 5.41) is 29.6. The number of likely N-dealkylation sites (tertiary alicyclic amines) is 1. The van der Waals surface area contributed by atoms with Crippen molar-refractivity contribution in [3.8, 4) is 0 Å². The molecule has 1 aliphatic heterocycles. The van der Waals surface area contributed by atoms with Gasteiger partial charge in [0.15, 0.2) is 12.0 Å². The first-order valence-corrected chi connectivity index (χ1v) is 17.0. The molecular weight excluding hydrogens is 682 g/mol. The van der Waals surface area contributed by atoms with Gasteiger partial charge >= 0.3 is 5.97 Å². The quantitative estimate of drug-likeness (QED) is 0.0249. The Labute approximate surface area is 300 Å². The molecule has 1 heterocycles. The molecule has 0 spiro atoms. The van der Waals surface area contributed by atoms with E-state index in [4.69, 9.17) is 28.7 Å². The van der Waals surface area contributed by atoms with Crippen molar-refractivity contribution in [1.82, 2.24) is 20.9 Å². The van der Waals surface area contributed by atoms with Crippen LogP contribution in [0, 0.1) is 16.0 Å². The molecule has 288 valence electrons. The lowest BCUT2D eigenvalue weighted by Gasteiger charge is -2.31. The number of hydrogen-bond acceptors (Lipinski definition) is 11. The molecule has 1 aliphatic rings. The van der Waals surface area contributed by atoms with Gasteiger partial charge in [0.1, 0.15) is 18.1 Å². The molecule has 20 heteroatoms. The smallest absolute Gasteiger partial charge is 0.326 e. The van der Waals surface area contributed by atoms with Crippen LogP contribution in [0.5, 0.6) is 0 Å². The van der Waals surface area contributed by atoms with Gasteiger partial charge in [-0.3, -0.25) is 39.1 Å². The SMILES string of the molecule is C[C@H](NC(=O)[C@@H]1CCCN1C(=O)[C@@H](NC(=O)[C@@H](N)CCC(N)=O)C(CCN=C(N)N)[N+](=O)[O-])C(=O)N[C@H](C(=O)O)C(CCCN)Cc1ccccc1. The summed E-state index contributed by atoms with van der Waals surface area (Å²) in [5.41, 5.74) is 28.2. The van der Waals surface area contributed by atoms with Crippen LogP contribution in [0.25, 0.3) is 0 Å². The number of nitrogens with one attached hydrogen (secondary N) is 3. The normalized spacial score (nSPS) is 17.4. The number of carbonyl (C=O) groups excluding carboxylic acids is 5. The lowest BCUT2D eigenvalue weighted by atomic mass is 9.88. The predicted octanol–water partition coefficient (Wildman–Crippen LogP) is -2.96. The molecule has 0 aliphatic carbocycles. The molecule has 1 saturated heterocycles. The number of aliphatic carboxylic acids is 1. The Morgan fingerprint density at radius 1 is 1.00 bits per heavy atom. The minimum atomic E-state index is -1.82. The Morgan fingerprint density at radius 2 is 1.65 bits per heavy atom.